The highest BCUT2D eigenvalue weighted by atomic mass is 19.3. The summed E-state index contributed by atoms with van der Waals surface area (Å²) >= 11 is 0. The van der Waals surface area contributed by atoms with E-state index in [9.17, 15) is 8.78 Å². The van der Waals surface area contributed by atoms with Crippen LogP contribution in [0.3, 0.4) is 0 Å². The van der Waals surface area contributed by atoms with Gasteiger partial charge in [0.15, 0.2) is 0 Å². The molecule has 4 heteroatoms. The molecule has 0 aromatic heterocycles. The molecule has 0 aromatic rings. The van der Waals surface area contributed by atoms with Gasteiger partial charge in [0, 0.05) is 18.0 Å². The van der Waals surface area contributed by atoms with E-state index in [0.29, 0.717) is 11.8 Å². The van der Waals surface area contributed by atoms with E-state index >= 15 is 0 Å². The molecule has 3 N–H and O–H groups in total. The molecular formula is C34H54F2N2. The lowest BCUT2D eigenvalue weighted by Gasteiger charge is -2.66. The fourth-order valence-corrected chi connectivity index (χ4v) is 9.86. The van der Waals surface area contributed by atoms with Crippen molar-refractivity contribution in [1.29, 1.82) is 0 Å². The summed E-state index contributed by atoms with van der Waals surface area (Å²) in [5, 5.41) is 3.39. The van der Waals surface area contributed by atoms with Crippen LogP contribution in [0.15, 0.2) is 48.7 Å². The number of nitrogens with one attached hydrogen (secondary N) is 1. The van der Waals surface area contributed by atoms with Crippen LogP contribution in [0, 0.1) is 39.9 Å². The quantitative estimate of drug-likeness (QED) is 0.324. The smallest absolute Gasteiger partial charge is 0.283 e. The van der Waals surface area contributed by atoms with E-state index in [1.54, 1.807) is 0 Å². The standard InChI is InChI=1S/C34H54F2N2/c1-11-15-31(8)26(32(9,37)12-2)14-16-30(7)24-13-17-34(38-23(4)33(10,35)36)19-18-29(5,6)21-25(34)28(24)22(3)20-27(30)31/h12,20,24-26,28,38H,2-4,11,13-19,21,37H2,1,5-10H3. The molecule has 0 spiro atoms. The van der Waals surface area contributed by atoms with E-state index in [1.807, 2.05) is 6.08 Å². The molecule has 0 bridgehead atoms. The number of rotatable bonds is 7. The van der Waals surface area contributed by atoms with Gasteiger partial charge >= 0.3 is 0 Å². The van der Waals surface area contributed by atoms with E-state index < -0.39 is 11.5 Å². The Morgan fingerprint density at radius 1 is 1.11 bits per heavy atom. The fourth-order valence-electron chi connectivity index (χ4n) is 9.86. The fraction of sp³-hybridized carbons (Fsp3) is 0.765. The Hall–Kier alpha value is -1.42. The van der Waals surface area contributed by atoms with Crippen LogP contribution in [0.1, 0.15) is 106 Å². The molecule has 4 aliphatic carbocycles. The van der Waals surface area contributed by atoms with Crippen molar-refractivity contribution in [3.05, 3.63) is 48.7 Å². The molecule has 8 atom stereocenters. The summed E-state index contributed by atoms with van der Waals surface area (Å²) < 4.78 is 28.8. The Morgan fingerprint density at radius 3 is 2.34 bits per heavy atom. The number of nitrogens with two attached hydrogens (primary N) is 1. The second kappa shape index (κ2) is 9.32. The lowest BCUT2D eigenvalue weighted by Crippen LogP contribution is -2.65. The number of alkyl halides is 2. The molecule has 0 aliphatic heterocycles. The second-order valence-corrected chi connectivity index (χ2v) is 15.2. The van der Waals surface area contributed by atoms with Gasteiger partial charge in [-0.2, -0.15) is 0 Å². The molecule has 8 unspecified atom stereocenters. The molecular weight excluding hydrogens is 474 g/mol. The van der Waals surface area contributed by atoms with Crippen molar-refractivity contribution in [2.75, 3.05) is 0 Å². The minimum Gasteiger partial charge on any atom is -0.378 e. The summed E-state index contributed by atoms with van der Waals surface area (Å²) in [6.45, 7) is 27.7. The maximum atomic E-state index is 14.4. The van der Waals surface area contributed by atoms with Gasteiger partial charge in [-0.25, -0.2) is 8.78 Å². The number of allylic oxidation sites excluding steroid dienone is 4. The Bertz CT molecular complexity index is 1020. The number of hydrogen-bond donors (Lipinski definition) is 2. The first-order chi connectivity index (χ1) is 17.4. The summed E-state index contributed by atoms with van der Waals surface area (Å²) in [6.07, 6.45) is 13.7. The Morgan fingerprint density at radius 2 is 1.76 bits per heavy atom. The summed E-state index contributed by atoms with van der Waals surface area (Å²) in [5.74, 6) is -1.61. The lowest BCUT2D eigenvalue weighted by molar-refractivity contribution is -0.0737. The Kier molecular flexibility index (Phi) is 7.25. The van der Waals surface area contributed by atoms with Gasteiger partial charge in [-0.15, -0.1) is 6.58 Å². The molecule has 0 amide bonds. The minimum absolute atomic E-state index is 0.0233. The monoisotopic (exact) mass is 528 g/mol. The molecule has 214 valence electrons. The summed E-state index contributed by atoms with van der Waals surface area (Å²) in [5.41, 5.74) is 8.93. The number of hydrogen-bond acceptors (Lipinski definition) is 2. The van der Waals surface area contributed by atoms with Gasteiger partial charge in [0.25, 0.3) is 5.92 Å². The van der Waals surface area contributed by atoms with Crippen LogP contribution in [0.2, 0.25) is 0 Å². The average Bonchev–Trinajstić information content (AvgIpc) is 2.80. The molecule has 0 saturated heterocycles. The maximum Gasteiger partial charge on any atom is 0.283 e. The van der Waals surface area contributed by atoms with Crippen LogP contribution in [0.25, 0.3) is 0 Å². The SMILES string of the molecule is C=CC(C)(N)C1CCC2(C)C(=CC(=C)C3C4CC(C)(C)CCC4(NC(=C)C(C)(F)F)CCC32)C1(C)CCC. The van der Waals surface area contributed by atoms with Crippen LogP contribution < -0.4 is 11.1 Å². The predicted octanol–water partition coefficient (Wildman–Crippen LogP) is 8.96. The highest BCUT2D eigenvalue weighted by Gasteiger charge is 2.63. The van der Waals surface area contributed by atoms with Crippen molar-refractivity contribution in [2.24, 2.45) is 45.7 Å². The molecule has 0 heterocycles. The third-order valence-corrected chi connectivity index (χ3v) is 11.9. The lowest BCUT2D eigenvalue weighted by atomic mass is 9.40. The molecule has 38 heavy (non-hydrogen) atoms. The molecule has 4 aliphatic rings. The van der Waals surface area contributed by atoms with E-state index in [4.69, 9.17) is 12.3 Å². The van der Waals surface area contributed by atoms with Crippen molar-refractivity contribution in [3.8, 4) is 0 Å². The normalized spacial score (nSPS) is 42.1. The molecule has 3 saturated carbocycles. The molecule has 2 nitrogen and oxygen atoms in total. The van der Waals surface area contributed by atoms with Crippen molar-refractivity contribution in [2.45, 2.75) is 123 Å². The van der Waals surface area contributed by atoms with Crippen molar-refractivity contribution < 1.29 is 8.78 Å². The first-order valence-electron chi connectivity index (χ1n) is 15.1. The van der Waals surface area contributed by atoms with Crippen molar-refractivity contribution in [3.63, 3.8) is 0 Å². The summed E-state index contributed by atoms with van der Waals surface area (Å²) in [4.78, 5) is 0. The van der Waals surface area contributed by atoms with Gasteiger partial charge < -0.3 is 11.1 Å². The third kappa shape index (κ3) is 4.55. The highest BCUT2D eigenvalue weighted by Crippen LogP contribution is 2.69. The van der Waals surface area contributed by atoms with Gasteiger partial charge in [-0.3, -0.25) is 0 Å². The zero-order valence-electron chi connectivity index (χ0n) is 25.3. The zero-order valence-corrected chi connectivity index (χ0v) is 25.3. The predicted molar refractivity (Wildman–Crippen MR) is 157 cm³/mol. The summed E-state index contributed by atoms with van der Waals surface area (Å²) in [7, 11) is 0. The molecule has 4 rings (SSSR count). The minimum atomic E-state index is -2.94. The van der Waals surface area contributed by atoms with Crippen LogP contribution in [-0.4, -0.2) is 17.0 Å². The molecule has 0 aromatic carbocycles. The highest BCUT2D eigenvalue weighted by molar-refractivity contribution is 5.42. The average molecular weight is 529 g/mol. The topological polar surface area (TPSA) is 38.0 Å². The van der Waals surface area contributed by atoms with Gasteiger partial charge in [-0.1, -0.05) is 77.5 Å². The number of halogens is 2. The Labute approximate surface area is 231 Å². The van der Waals surface area contributed by atoms with Crippen molar-refractivity contribution in [1.82, 2.24) is 5.32 Å². The maximum absolute atomic E-state index is 14.4. The van der Waals surface area contributed by atoms with E-state index in [-0.39, 0.29) is 39.3 Å². The van der Waals surface area contributed by atoms with E-state index in [1.165, 1.54) is 11.1 Å². The number of fused-ring (bicyclic) bond motifs is 5. The van der Waals surface area contributed by atoms with Gasteiger partial charge in [-0.05, 0) is 98.2 Å². The van der Waals surface area contributed by atoms with Crippen LogP contribution in [-0.2, 0) is 0 Å². The largest absolute Gasteiger partial charge is 0.378 e. The van der Waals surface area contributed by atoms with Crippen LogP contribution in [0.5, 0.6) is 0 Å². The van der Waals surface area contributed by atoms with E-state index in [2.05, 4.69) is 66.1 Å². The van der Waals surface area contributed by atoms with Gasteiger partial charge in [0.05, 0.1) is 5.70 Å². The third-order valence-electron chi connectivity index (χ3n) is 11.9. The first kappa shape index (κ1) is 29.6. The first-order valence-corrected chi connectivity index (χ1v) is 15.1. The summed E-state index contributed by atoms with van der Waals surface area (Å²) in [6, 6.07) is 0. The Balaban J connectivity index is 1.81. The second-order valence-electron chi connectivity index (χ2n) is 15.2. The molecule has 0 radical (unpaired) electrons. The molecule has 3 fully saturated rings. The van der Waals surface area contributed by atoms with Crippen molar-refractivity contribution >= 4 is 0 Å². The van der Waals surface area contributed by atoms with E-state index in [0.717, 1.165) is 64.7 Å². The van der Waals surface area contributed by atoms with Gasteiger partial charge in [0.1, 0.15) is 0 Å². The zero-order chi connectivity index (χ0) is 28.5. The van der Waals surface area contributed by atoms with Gasteiger partial charge in [0.2, 0.25) is 0 Å². The van der Waals surface area contributed by atoms with Crippen LogP contribution >= 0.6 is 0 Å². The van der Waals surface area contributed by atoms with Crippen LogP contribution in [0.4, 0.5) is 8.78 Å².